The number of rotatable bonds is 9. The van der Waals surface area contributed by atoms with Gasteiger partial charge in [-0.2, -0.15) is 0 Å². The van der Waals surface area contributed by atoms with Crippen molar-refractivity contribution in [2.75, 3.05) is 26.8 Å². The molecular weight excluding hydrogens is 376 g/mol. The van der Waals surface area contributed by atoms with E-state index in [1.807, 2.05) is 0 Å². The number of methoxy groups -OCH3 is 1. The Hall–Kier alpha value is -3.55. The second kappa shape index (κ2) is 11.3. The van der Waals surface area contributed by atoms with Crippen molar-refractivity contribution in [2.24, 2.45) is 0 Å². The Balaban J connectivity index is 1.68. The van der Waals surface area contributed by atoms with Gasteiger partial charge < -0.3 is 24.8 Å². The van der Waals surface area contributed by atoms with Crippen LogP contribution in [0, 0.1) is 0 Å². The minimum absolute atomic E-state index is 0.184. The third-order valence-corrected chi connectivity index (χ3v) is 3.86. The molecule has 29 heavy (non-hydrogen) atoms. The van der Waals surface area contributed by atoms with Crippen molar-refractivity contribution in [2.45, 2.75) is 13.3 Å². The van der Waals surface area contributed by atoms with Gasteiger partial charge >= 0.3 is 6.16 Å². The molecule has 2 amide bonds. The molecule has 0 aliphatic rings. The summed E-state index contributed by atoms with van der Waals surface area (Å²) in [4.78, 5) is 35.4. The largest absolute Gasteiger partial charge is 0.513 e. The summed E-state index contributed by atoms with van der Waals surface area (Å²) in [5.41, 5.74) is 0.975. The zero-order valence-electron chi connectivity index (χ0n) is 16.4. The Morgan fingerprint density at radius 1 is 0.793 bits per heavy atom. The lowest BCUT2D eigenvalue weighted by molar-refractivity contribution is 0.0951. The molecule has 154 valence electrons. The van der Waals surface area contributed by atoms with E-state index >= 15 is 0 Å². The van der Waals surface area contributed by atoms with Crippen LogP contribution in [0.5, 0.6) is 11.5 Å². The summed E-state index contributed by atoms with van der Waals surface area (Å²) in [6.07, 6.45) is -0.209. The van der Waals surface area contributed by atoms with Gasteiger partial charge in [0.2, 0.25) is 0 Å². The van der Waals surface area contributed by atoms with Crippen LogP contribution in [-0.2, 0) is 4.74 Å². The first-order chi connectivity index (χ1) is 14.0. The molecule has 2 aromatic rings. The lowest BCUT2D eigenvalue weighted by atomic mass is 10.2. The van der Waals surface area contributed by atoms with Gasteiger partial charge in [0.25, 0.3) is 11.8 Å². The number of hydrogen-bond donors (Lipinski definition) is 2. The van der Waals surface area contributed by atoms with Crippen molar-refractivity contribution in [1.29, 1.82) is 0 Å². The lowest BCUT2D eigenvalue weighted by Gasteiger charge is -2.08. The highest BCUT2D eigenvalue weighted by atomic mass is 16.7. The van der Waals surface area contributed by atoms with Crippen molar-refractivity contribution >= 4 is 18.0 Å². The zero-order chi connectivity index (χ0) is 21.1. The quantitative estimate of drug-likeness (QED) is 0.381. The van der Waals surface area contributed by atoms with Crippen LogP contribution in [0.25, 0.3) is 0 Å². The van der Waals surface area contributed by atoms with Crippen molar-refractivity contribution < 1.29 is 28.6 Å². The van der Waals surface area contributed by atoms with Gasteiger partial charge in [-0.15, -0.1) is 0 Å². The predicted molar refractivity (Wildman–Crippen MR) is 106 cm³/mol. The van der Waals surface area contributed by atoms with Gasteiger partial charge in [-0.1, -0.05) is 0 Å². The zero-order valence-corrected chi connectivity index (χ0v) is 16.4. The Bertz CT molecular complexity index is 818. The van der Waals surface area contributed by atoms with Gasteiger partial charge in [0.15, 0.2) is 0 Å². The first-order valence-corrected chi connectivity index (χ1v) is 9.18. The minimum atomic E-state index is -0.790. The van der Waals surface area contributed by atoms with Crippen LogP contribution in [0.3, 0.4) is 0 Å². The third-order valence-electron chi connectivity index (χ3n) is 3.86. The monoisotopic (exact) mass is 400 g/mol. The number of benzene rings is 2. The fraction of sp³-hybridized carbons (Fsp3) is 0.286. The number of amides is 2. The molecule has 2 N–H and O–H groups in total. The second-order valence-electron chi connectivity index (χ2n) is 5.90. The van der Waals surface area contributed by atoms with E-state index in [4.69, 9.17) is 9.47 Å². The highest BCUT2D eigenvalue weighted by Gasteiger charge is 2.09. The third kappa shape index (κ3) is 7.17. The molecule has 8 nitrogen and oxygen atoms in total. The Kier molecular flexibility index (Phi) is 8.50. The first-order valence-electron chi connectivity index (χ1n) is 9.18. The number of carbonyl (C=O) groups is 3. The number of ether oxygens (including phenoxy) is 3. The molecule has 0 fully saturated rings. The molecule has 0 unspecified atom stereocenters. The van der Waals surface area contributed by atoms with Gasteiger partial charge in [0.05, 0.1) is 13.7 Å². The fourth-order valence-electron chi connectivity index (χ4n) is 2.36. The molecule has 0 saturated heterocycles. The fourth-order valence-corrected chi connectivity index (χ4v) is 2.36. The number of carbonyl (C=O) groups excluding carboxylic acids is 3. The molecule has 2 rings (SSSR count). The molecular formula is C21H24N2O6. The summed E-state index contributed by atoms with van der Waals surface area (Å²) < 4.78 is 14.7. The molecule has 0 aliphatic heterocycles. The van der Waals surface area contributed by atoms with Crippen LogP contribution in [-0.4, -0.2) is 44.8 Å². The highest BCUT2D eigenvalue weighted by molar-refractivity contribution is 5.95. The van der Waals surface area contributed by atoms with Gasteiger partial charge in [0.1, 0.15) is 11.5 Å². The SMILES string of the molecule is CCOC(=O)Oc1ccc(C(=O)NCCCNC(=O)c2ccc(OC)cc2)cc1. The van der Waals surface area contributed by atoms with Gasteiger partial charge in [-0.3, -0.25) is 9.59 Å². The Morgan fingerprint density at radius 2 is 1.28 bits per heavy atom. The van der Waals surface area contributed by atoms with E-state index in [0.29, 0.717) is 42.1 Å². The van der Waals surface area contributed by atoms with Crippen LogP contribution in [0.4, 0.5) is 4.79 Å². The average Bonchev–Trinajstić information content (AvgIpc) is 2.74. The molecule has 0 aromatic heterocycles. The van der Waals surface area contributed by atoms with E-state index in [1.165, 1.54) is 12.1 Å². The van der Waals surface area contributed by atoms with Crippen LogP contribution in [0.2, 0.25) is 0 Å². The standard InChI is InChI=1S/C21H24N2O6/c1-3-28-21(26)29-18-11-7-16(8-12-18)20(25)23-14-4-13-22-19(24)15-5-9-17(27-2)10-6-15/h5-12H,3-4,13-14H2,1-2H3,(H,22,24)(H,23,25). The van der Waals surface area contributed by atoms with E-state index in [-0.39, 0.29) is 18.4 Å². The summed E-state index contributed by atoms with van der Waals surface area (Å²) in [6, 6.07) is 12.9. The topological polar surface area (TPSA) is 103 Å². The Morgan fingerprint density at radius 3 is 1.72 bits per heavy atom. The van der Waals surface area contributed by atoms with Crippen molar-refractivity contribution in [3.63, 3.8) is 0 Å². The summed E-state index contributed by atoms with van der Waals surface area (Å²) in [5.74, 6) is 0.538. The summed E-state index contributed by atoms with van der Waals surface area (Å²) >= 11 is 0. The highest BCUT2D eigenvalue weighted by Crippen LogP contribution is 2.13. The summed E-state index contributed by atoms with van der Waals surface area (Å²) in [7, 11) is 1.56. The van der Waals surface area contributed by atoms with E-state index in [0.717, 1.165) is 0 Å². The lowest BCUT2D eigenvalue weighted by Crippen LogP contribution is -2.29. The first kappa shape index (κ1) is 21.7. The molecule has 0 atom stereocenters. The van der Waals surface area contributed by atoms with E-state index < -0.39 is 6.16 Å². The normalized spacial score (nSPS) is 10.0. The molecule has 2 aromatic carbocycles. The maximum absolute atomic E-state index is 12.1. The smallest absolute Gasteiger partial charge is 0.497 e. The molecule has 0 bridgehead atoms. The maximum Gasteiger partial charge on any atom is 0.513 e. The van der Waals surface area contributed by atoms with Gasteiger partial charge in [0, 0.05) is 24.2 Å². The Labute approximate surface area is 169 Å². The molecule has 0 saturated carbocycles. The molecule has 0 radical (unpaired) electrons. The minimum Gasteiger partial charge on any atom is -0.497 e. The summed E-state index contributed by atoms with van der Waals surface area (Å²) in [6.45, 7) is 2.74. The molecule has 0 spiro atoms. The predicted octanol–water partition coefficient (Wildman–Crippen LogP) is 2.78. The van der Waals surface area contributed by atoms with Crippen LogP contribution >= 0.6 is 0 Å². The van der Waals surface area contributed by atoms with Gasteiger partial charge in [-0.05, 0) is 61.9 Å². The van der Waals surface area contributed by atoms with Crippen LogP contribution in [0.15, 0.2) is 48.5 Å². The van der Waals surface area contributed by atoms with Gasteiger partial charge in [-0.25, -0.2) is 4.79 Å². The van der Waals surface area contributed by atoms with Crippen LogP contribution < -0.4 is 20.1 Å². The molecule has 0 heterocycles. The van der Waals surface area contributed by atoms with E-state index in [9.17, 15) is 14.4 Å². The summed E-state index contributed by atoms with van der Waals surface area (Å²) in [5, 5.41) is 5.56. The number of hydrogen-bond acceptors (Lipinski definition) is 6. The van der Waals surface area contributed by atoms with Crippen LogP contribution in [0.1, 0.15) is 34.1 Å². The van der Waals surface area contributed by atoms with E-state index in [2.05, 4.69) is 15.4 Å². The van der Waals surface area contributed by atoms with Crippen molar-refractivity contribution in [3.05, 3.63) is 59.7 Å². The molecule has 0 aliphatic carbocycles. The maximum atomic E-state index is 12.1. The van der Waals surface area contributed by atoms with Crippen molar-refractivity contribution in [1.82, 2.24) is 10.6 Å². The average molecular weight is 400 g/mol. The van der Waals surface area contributed by atoms with Crippen molar-refractivity contribution in [3.8, 4) is 11.5 Å². The second-order valence-corrected chi connectivity index (χ2v) is 5.90. The molecule has 8 heteroatoms. The number of nitrogens with one attached hydrogen (secondary N) is 2. The van der Waals surface area contributed by atoms with E-state index in [1.54, 1.807) is 50.4 Å².